The van der Waals surface area contributed by atoms with Crippen LogP contribution >= 0.6 is 0 Å². The van der Waals surface area contributed by atoms with Crippen LogP contribution in [0.3, 0.4) is 0 Å². The third-order valence-corrected chi connectivity index (χ3v) is 3.18. The molecule has 0 spiro atoms. The van der Waals surface area contributed by atoms with E-state index in [-0.39, 0.29) is 4.90 Å². The van der Waals surface area contributed by atoms with Crippen molar-refractivity contribution in [3.05, 3.63) is 24.3 Å². The van der Waals surface area contributed by atoms with Crippen LogP contribution in [0.5, 0.6) is 0 Å². The summed E-state index contributed by atoms with van der Waals surface area (Å²) in [5, 5.41) is 1.32. The molecule has 0 aliphatic carbocycles. The van der Waals surface area contributed by atoms with E-state index in [1.54, 1.807) is 18.2 Å². The molecule has 1 aromatic rings. The van der Waals surface area contributed by atoms with Crippen LogP contribution in [-0.4, -0.2) is 13.7 Å². The Kier molecular flexibility index (Phi) is 1.26. The number of anilines is 1. The van der Waals surface area contributed by atoms with Crippen molar-refractivity contribution in [2.24, 2.45) is 0 Å². The van der Waals surface area contributed by atoms with Crippen LogP contribution in [0.25, 0.3) is 0 Å². The molecular weight excluding hydrogens is 178 g/mol. The van der Waals surface area contributed by atoms with Gasteiger partial charge in [0.05, 0.1) is 5.69 Å². The van der Waals surface area contributed by atoms with Crippen molar-refractivity contribution in [3.8, 4) is 0 Å². The number of carbonyl (C=O) groups is 1. The van der Waals surface area contributed by atoms with Gasteiger partial charge in [0.1, 0.15) is 4.90 Å². The molecule has 0 saturated carbocycles. The van der Waals surface area contributed by atoms with E-state index in [4.69, 9.17) is 0 Å². The normalized spacial score (nSPS) is 18.5. The van der Waals surface area contributed by atoms with Crippen molar-refractivity contribution in [3.63, 3.8) is 0 Å². The summed E-state index contributed by atoms with van der Waals surface area (Å²) in [6.45, 7) is 0. The molecular formula is C7H5NO3S. The number of amides is 1. The fourth-order valence-electron chi connectivity index (χ4n) is 1.08. The van der Waals surface area contributed by atoms with Crippen LogP contribution in [0.1, 0.15) is 0 Å². The zero-order valence-electron chi connectivity index (χ0n) is 5.94. The topological polar surface area (TPSA) is 63.2 Å². The molecule has 0 saturated heterocycles. The van der Waals surface area contributed by atoms with E-state index >= 15 is 0 Å². The lowest BCUT2D eigenvalue weighted by Gasteiger charge is -1.91. The minimum atomic E-state index is -3.73. The molecule has 2 rings (SSSR count). The third-order valence-electron chi connectivity index (χ3n) is 1.66. The van der Waals surface area contributed by atoms with Gasteiger partial charge in [0.25, 0.3) is 9.84 Å². The van der Waals surface area contributed by atoms with E-state index in [9.17, 15) is 13.2 Å². The predicted octanol–water partition coefficient (Wildman–Crippen LogP) is 1.01. The lowest BCUT2D eigenvalue weighted by Crippen LogP contribution is -2.11. The van der Waals surface area contributed by atoms with Crippen molar-refractivity contribution in [1.29, 1.82) is 0 Å². The maximum absolute atomic E-state index is 11.2. The molecule has 1 aromatic carbocycles. The van der Waals surface area contributed by atoms with Gasteiger partial charge in [0.15, 0.2) is 0 Å². The summed E-state index contributed by atoms with van der Waals surface area (Å²) in [6.07, 6.45) is 0. The molecule has 62 valence electrons. The van der Waals surface area contributed by atoms with Gasteiger partial charge < -0.3 is 5.32 Å². The maximum Gasteiger partial charge on any atom is 0.345 e. The van der Waals surface area contributed by atoms with Crippen LogP contribution in [0.4, 0.5) is 10.5 Å². The highest BCUT2D eigenvalue weighted by Crippen LogP contribution is 2.28. The summed E-state index contributed by atoms with van der Waals surface area (Å²) in [5.74, 6) is 0. The van der Waals surface area contributed by atoms with Crippen molar-refractivity contribution < 1.29 is 13.2 Å². The van der Waals surface area contributed by atoms with Crippen molar-refractivity contribution >= 4 is 20.8 Å². The van der Waals surface area contributed by atoms with E-state index in [1.165, 1.54) is 6.07 Å². The Morgan fingerprint density at radius 2 is 1.83 bits per heavy atom. The average molecular weight is 183 g/mol. The standard InChI is InChI=1S/C7H5NO3S/c9-7-8-5-3-1-2-4-6(5)12(7,10)11/h1-4H,(H,8,9). The molecule has 0 aromatic heterocycles. The number of benzene rings is 1. The van der Waals surface area contributed by atoms with Crippen LogP contribution in [0.15, 0.2) is 29.2 Å². The Bertz CT molecular complexity index is 449. The summed E-state index contributed by atoms with van der Waals surface area (Å²) in [5.41, 5.74) is 0.363. The van der Waals surface area contributed by atoms with Gasteiger partial charge in [-0.25, -0.2) is 8.42 Å². The predicted molar refractivity (Wildman–Crippen MR) is 42.6 cm³/mol. The highest BCUT2D eigenvalue weighted by molar-refractivity contribution is 8.07. The lowest BCUT2D eigenvalue weighted by atomic mass is 10.3. The summed E-state index contributed by atoms with van der Waals surface area (Å²) in [6, 6.07) is 6.21. The minimum absolute atomic E-state index is 0.0648. The Balaban J connectivity index is 2.80. The first-order chi connectivity index (χ1) is 5.62. The molecule has 0 radical (unpaired) electrons. The van der Waals surface area contributed by atoms with Crippen molar-refractivity contribution in [2.75, 3.05) is 5.32 Å². The number of hydrogen-bond donors (Lipinski definition) is 1. The fourth-order valence-corrected chi connectivity index (χ4v) is 2.19. The molecule has 12 heavy (non-hydrogen) atoms. The Morgan fingerprint density at radius 1 is 1.17 bits per heavy atom. The van der Waals surface area contributed by atoms with Crippen LogP contribution in [0.2, 0.25) is 0 Å². The summed E-state index contributed by atoms with van der Waals surface area (Å²) >= 11 is 0. The summed E-state index contributed by atoms with van der Waals surface area (Å²) in [4.78, 5) is 10.9. The zero-order valence-corrected chi connectivity index (χ0v) is 6.76. The first-order valence-electron chi connectivity index (χ1n) is 3.27. The third kappa shape index (κ3) is 0.767. The number of sulfone groups is 1. The molecule has 0 bridgehead atoms. The molecule has 1 amide bonds. The second-order valence-electron chi connectivity index (χ2n) is 2.41. The first kappa shape index (κ1) is 7.30. The number of hydrogen-bond acceptors (Lipinski definition) is 3. The zero-order chi connectivity index (χ0) is 8.77. The van der Waals surface area contributed by atoms with E-state index in [0.717, 1.165) is 0 Å². The average Bonchev–Trinajstić information content (AvgIpc) is 2.25. The molecule has 1 aliphatic rings. The smallest absolute Gasteiger partial charge is 0.311 e. The van der Waals surface area contributed by atoms with E-state index in [2.05, 4.69) is 5.32 Å². The van der Waals surface area contributed by atoms with E-state index in [1.807, 2.05) is 0 Å². The van der Waals surface area contributed by atoms with Gasteiger partial charge in [-0.3, -0.25) is 4.79 Å². The molecule has 1 aliphatic heterocycles. The largest absolute Gasteiger partial charge is 0.345 e. The van der Waals surface area contributed by atoms with Crippen LogP contribution in [0, 0.1) is 0 Å². The Hall–Kier alpha value is -1.36. The monoisotopic (exact) mass is 183 g/mol. The van der Waals surface area contributed by atoms with E-state index in [0.29, 0.717) is 5.69 Å². The second-order valence-corrected chi connectivity index (χ2v) is 4.23. The fraction of sp³-hybridized carbons (Fsp3) is 0. The number of nitrogens with one attached hydrogen (secondary N) is 1. The van der Waals surface area contributed by atoms with Crippen LogP contribution in [-0.2, 0) is 9.84 Å². The number of fused-ring (bicyclic) bond motifs is 1. The quantitative estimate of drug-likeness (QED) is 0.652. The van der Waals surface area contributed by atoms with Gasteiger partial charge in [-0.15, -0.1) is 0 Å². The Labute approximate surface area is 69.1 Å². The summed E-state index contributed by atoms with van der Waals surface area (Å²) < 4.78 is 22.3. The SMILES string of the molecule is O=C1Nc2ccccc2S1(=O)=O. The molecule has 5 heteroatoms. The molecule has 1 N–H and O–H groups in total. The molecule has 4 nitrogen and oxygen atoms in total. The van der Waals surface area contributed by atoms with Gasteiger partial charge in [-0.05, 0) is 12.1 Å². The molecule has 0 atom stereocenters. The molecule has 0 unspecified atom stereocenters. The number of para-hydroxylation sites is 1. The molecule has 0 fully saturated rings. The maximum atomic E-state index is 11.2. The van der Waals surface area contributed by atoms with Gasteiger partial charge in [0, 0.05) is 0 Å². The highest BCUT2D eigenvalue weighted by atomic mass is 32.2. The van der Waals surface area contributed by atoms with Crippen LogP contribution < -0.4 is 5.32 Å². The number of rotatable bonds is 0. The lowest BCUT2D eigenvalue weighted by molar-refractivity contribution is 0.268. The highest BCUT2D eigenvalue weighted by Gasteiger charge is 2.34. The number of carbonyl (C=O) groups excluding carboxylic acids is 1. The summed E-state index contributed by atoms with van der Waals surface area (Å²) in [7, 11) is -3.73. The van der Waals surface area contributed by atoms with Gasteiger partial charge >= 0.3 is 5.24 Å². The Morgan fingerprint density at radius 3 is 2.50 bits per heavy atom. The van der Waals surface area contributed by atoms with E-state index < -0.39 is 15.1 Å². The van der Waals surface area contributed by atoms with Gasteiger partial charge in [-0.2, -0.15) is 0 Å². The second kappa shape index (κ2) is 2.07. The van der Waals surface area contributed by atoms with Gasteiger partial charge in [0.2, 0.25) is 0 Å². The van der Waals surface area contributed by atoms with Crippen molar-refractivity contribution in [1.82, 2.24) is 0 Å². The van der Waals surface area contributed by atoms with Crippen molar-refractivity contribution in [2.45, 2.75) is 4.90 Å². The van der Waals surface area contributed by atoms with Gasteiger partial charge in [-0.1, -0.05) is 12.1 Å². The molecule has 1 heterocycles. The minimum Gasteiger partial charge on any atom is -0.311 e. The first-order valence-corrected chi connectivity index (χ1v) is 4.76.